The SMILES string of the molecule is CC1COCCN1S(=O)(=O)c1ccc2c(c1)CCN2. The number of rotatable bonds is 2. The van der Waals surface area contributed by atoms with E-state index in [1.165, 1.54) is 0 Å². The maximum absolute atomic E-state index is 12.6. The monoisotopic (exact) mass is 282 g/mol. The molecule has 104 valence electrons. The minimum Gasteiger partial charge on any atom is -0.384 e. The normalized spacial score (nSPS) is 23.9. The molecule has 1 saturated heterocycles. The molecule has 5 nitrogen and oxygen atoms in total. The third kappa shape index (κ3) is 2.24. The van der Waals surface area contributed by atoms with Crippen LogP contribution >= 0.6 is 0 Å². The fourth-order valence-electron chi connectivity index (χ4n) is 2.65. The smallest absolute Gasteiger partial charge is 0.243 e. The zero-order chi connectivity index (χ0) is 13.5. The van der Waals surface area contributed by atoms with Crippen molar-refractivity contribution in [3.05, 3.63) is 23.8 Å². The highest BCUT2D eigenvalue weighted by atomic mass is 32.2. The maximum Gasteiger partial charge on any atom is 0.243 e. The van der Waals surface area contributed by atoms with E-state index >= 15 is 0 Å². The predicted octanol–water partition coefficient (Wildman–Crippen LogP) is 1.06. The van der Waals surface area contributed by atoms with Gasteiger partial charge in [-0.15, -0.1) is 0 Å². The lowest BCUT2D eigenvalue weighted by Crippen LogP contribution is -2.46. The second-order valence-corrected chi connectivity index (χ2v) is 6.93. The van der Waals surface area contributed by atoms with Crippen molar-refractivity contribution in [2.75, 3.05) is 31.6 Å². The molecule has 0 bridgehead atoms. The molecule has 2 aliphatic heterocycles. The van der Waals surface area contributed by atoms with Gasteiger partial charge in [-0.1, -0.05) is 0 Å². The van der Waals surface area contributed by atoms with E-state index in [2.05, 4.69) is 5.32 Å². The lowest BCUT2D eigenvalue weighted by Gasteiger charge is -2.32. The molecule has 2 heterocycles. The van der Waals surface area contributed by atoms with Gasteiger partial charge in [0.2, 0.25) is 10.0 Å². The number of ether oxygens (including phenoxy) is 1. The first kappa shape index (κ1) is 12.9. The van der Waals surface area contributed by atoms with Crippen LogP contribution in [0.5, 0.6) is 0 Å². The second-order valence-electron chi connectivity index (χ2n) is 5.04. The van der Waals surface area contributed by atoms with Crippen molar-refractivity contribution in [3.8, 4) is 0 Å². The molecular weight excluding hydrogens is 264 g/mol. The largest absolute Gasteiger partial charge is 0.384 e. The number of morpholine rings is 1. The zero-order valence-corrected chi connectivity index (χ0v) is 11.7. The standard InChI is InChI=1S/C13H18N2O3S/c1-10-9-18-7-6-15(10)19(16,17)12-2-3-13-11(8-12)4-5-14-13/h2-3,8,10,14H,4-7,9H2,1H3. The van der Waals surface area contributed by atoms with E-state index in [0.717, 1.165) is 24.2 Å². The van der Waals surface area contributed by atoms with Crippen molar-refractivity contribution in [2.24, 2.45) is 0 Å². The third-order valence-electron chi connectivity index (χ3n) is 3.70. The van der Waals surface area contributed by atoms with Crippen LogP contribution in [0, 0.1) is 0 Å². The van der Waals surface area contributed by atoms with Crippen LogP contribution in [-0.4, -0.2) is 45.1 Å². The third-order valence-corrected chi connectivity index (χ3v) is 5.71. The van der Waals surface area contributed by atoms with Crippen molar-refractivity contribution in [3.63, 3.8) is 0 Å². The van der Waals surface area contributed by atoms with Crippen LogP contribution in [0.15, 0.2) is 23.1 Å². The van der Waals surface area contributed by atoms with Crippen molar-refractivity contribution < 1.29 is 13.2 Å². The number of hydrogen-bond acceptors (Lipinski definition) is 4. The Hall–Kier alpha value is -1.11. The van der Waals surface area contributed by atoms with Gasteiger partial charge < -0.3 is 10.1 Å². The summed E-state index contributed by atoms with van der Waals surface area (Å²) < 4.78 is 32.1. The summed E-state index contributed by atoms with van der Waals surface area (Å²) in [5.41, 5.74) is 2.14. The fourth-order valence-corrected chi connectivity index (χ4v) is 4.30. The molecule has 0 amide bonds. The molecule has 0 aliphatic carbocycles. The number of anilines is 1. The molecule has 1 atom stereocenters. The van der Waals surface area contributed by atoms with E-state index in [1.54, 1.807) is 16.4 Å². The molecule has 6 heteroatoms. The van der Waals surface area contributed by atoms with E-state index in [-0.39, 0.29) is 6.04 Å². The average Bonchev–Trinajstić information content (AvgIpc) is 2.86. The van der Waals surface area contributed by atoms with Crippen molar-refractivity contribution in [1.82, 2.24) is 4.31 Å². The van der Waals surface area contributed by atoms with E-state index in [4.69, 9.17) is 4.74 Å². The molecule has 1 aromatic carbocycles. The van der Waals surface area contributed by atoms with Gasteiger partial charge in [0.15, 0.2) is 0 Å². The van der Waals surface area contributed by atoms with Crippen molar-refractivity contribution >= 4 is 15.7 Å². The van der Waals surface area contributed by atoms with Gasteiger partial charge in [-0.2, -0.15) is 4.31 Å². The Morgan fingerprint density at radius 2 is 2.26 bits per heavy atom. The molecule has 1 unspecified atom stereocenters. The Labute approximate surface area is 113 Å². The predicted molar refractivity (Wildman–Crippen MR) is 72.8 cm³/mol. The van der Waals surface area contributed by atoms with E-state index in [1.807, 2.05) is 13.0 Å². The summed E-state index contributed by atoms with van der Waals surface area (Å²) in [6, 6.07) is 5.24. The summed E-state index contributed by atoms with van der Waals surface area (Å²) in [5.74, 6) is 0. The Kier molecular flexibility index (Phi) is 3.24. The molecule has 0 saturated carbocycles. The molecule has 1 aromatic rings. The maximum atomic E-state index is 12.6. The average molecular weight is 282 g/mol. The number of hydrogen-bond donors (Lipinski definition) is 1. The summed E-state index contributed by atoms with van der Waals surface area (Å²) in [5, 5.41) is 3.24. The highest BCUT2D eigenvalue weighted by Gasteiger charge is 2.32. The van der Waals surface area contributed by atoms with Crippen LogP contribution in [0.25, 0.3) is 0 Å². The number of fused-ring (bicyclic) bond motifs is 1. The lowest BCUT2D eigenvalue weighted by atomic mass is 10.2. The van der Waals surface area contributed by atoms with Gasteiger partial charge >= 0.3 is 0 Å². The molecular formula is C13H18N2O3S. The van der Waals surface area contributed by atoms with E-state index in [9.17, 15) is 8.42 Å². The van der Waals surface area contributed by atoms with Gasteiger partial charge in [0.05, 0.1) is 18.1 Å². The van der Waals surface area contributed by atoms with E-state index in [0.29, 0.717) is 24.7 Å². The van der Waals surface area contributed by atoms with Crippen molar-refractivity contribution in [2.45, 2.75) is 24.3 Å². The van der Waals surface area contributed by atoms with Gasteiger partial charge in [-0.05, 0) is 37.1 Å². The first-order valence-electron chi connectivity index (χ1n) is 6.55. The van der Waals surface area contributed by atoms with Crippen LogP contribution in [0.4, 0.5) is 5.69 Å². The Bertz CT molecular complexity index is 586. The van der Waals surface area contributed by atoms with Crippen LogP contribution in [0.1, 0.15) is 12.5 Å². The van der Waals surface area contributed by atoms with Crippen LogP contribution in [0.2, 0.25) is 0 Å². The fraction of sp³-hybridized carbons (Fsp3) is 0.538. The number of benzene rings is 1. The minimum atomic E-state index is -3.41. The van der Waals surface area contributed by atoms with Gasteiger partial charge in [0, 0.05) is 24.8 Å². The Morgan fingerprint density at radius 3 is 3.05 bits per heavy atom. The Morgan fingerprint density at radius 1 is 1.42 bits per heavy atom. The number of sulfonamides is 1. The van der Waals surface area contributed by atoms with Gasteiger partial charge in [0.25, 0.3) is 0 Å². The Balaban J connectivity index is 1.95. The van der Waals surface area contributed by atoms with Crippen LogP contribution in [0.3, 0.4) is 0 Å². The highest BCUT2D eigenvalue weighted by Crippen LogP contribution is 2.27. The lowest BCUT2D eigenvalue weighted by molar-refractivity contribution is 0.0393. The number of nitrogens with one attached hydrogen (secondary N) is 1. The van der Waals surface area contributed by atoms with Crippen LogP contribution in [-0.2, 0) is 21.2 Å². The summed E-state index contributed by atoms with van der Waals surface area (Å²) in [6.45, 7) is 4.12. The summed E-state index contributed by atoms with van der Waals surface area (Å²) >= 11 is 0. The van der Waals surface area contributed by atoms with Gasteiger partial charge in [-0.25, -0.2) is 8.42 Å². The molecule has 1 N–H and O–H groups in total. The molecule has 0 spiro atoms. The summed E-state index contributed by atoms with van der Waals surface area (Å²) in [7, 11) is -3.41. The summed E-state index contributed by atoms with van der Waals surface area (Å²) in [4.78, 5) is 0.392. The molecule has 0 aromatic heterocycles. The van der Waals surface area contributed by atoms with E-state index < -0.39 is 10.0 Å². The quantitative estimate of drug-likeness (QED) is 0.881. The van der Waals surface area contributed by atoms with Crippen molar-refractivity contribution in [1.29, 1.82) is 0 Å². The first-order valence-corrected chi connectivity index (χ1v) is 7.99. The van der Waals surface area contributed by atoms with Gasteiger partial charge in [0.1, 0.15) is 0 Å². The van der Waals surface area contributed by atoms with Gasteiger partial charge in [-0.3, -0.25) is 0 Å². The molecule has 0 radical (unpaired) electrons. The molecule has 3 rings (SSSR count). The molecule has 2 aliphatic rings. The zero-order valence-electron chi connectivity index (χ0n) is 10.9. The topological polar surface area (TPSA) is 58.6 Å². The minimum absolute atomic E-state index is 0.106. The first-order chi connectivity index (χ1) is 9.09. The molecule has 19 heavy (non-hydrogen) atoms. The van der Waals surface area contributed by atoms with Crippen LogP contribution < -0.4 is 5.32 Å². The second kappa shape index (κ2) is 4.77. The summed E-state index contributed by atoms with van der Waals surface area (Å²) in [6.07, 6.45) is 0.886. The number of nitrogens with zero attached hydrogens (tertiary/aromatic N) is 1. The highest BCUT2D eigenvalue weighted by molar-refractivity contribution is 7.89. The molecule has 1 fully saturated rings.